The average Bonchev–Trinajstić information content (AvgIpc) is 1.96. The van der Waals surface area contributed by atoms with Crippen molar-refractivity contribution in [1.29, 1.82) is 0 Å². The molecule has 1 aromatic rings. The molecule has 0 heterocycles. The molecule has 66 valence electrons. The molecule has 1 unspecified atom stereocenters. The van der Waals surface area contributed by atoms with Crippen LogP contribution in [-0.2, 0) is 11.3 Å². The summed E-state index contributed by atoms with van der Waals surface area (Å²) in [6.45, 7) is 3.77. The third kappa shape index (κ3) is 2.32. The standard InChI is InChI=1S/C8H11NO2S/c1-6-3-4-7(2)8(5-6)9-12(10)11/h3-5,9H,1-2H3,(H,10,11)/p-1. The molecule has 0 saturated heterocycles. The molecule has 0 spiro atoms. The second-order valence-electron chi connectivity index (χ2n) is 2.66. The molecule has 0 radical (unpaired) electrons. The lowest BCUT2D eigenvalue weighted by Crippen LogP contribution is -2.03. The van der Waals surface area contributed by atoms with E-state index in [2.05, 4.69) is 4.72 Å². The first-order chi connectivity index (χ1) is 5.59. The van der Waals surface area contributed by atoms with Gasteiger partial charge in [0.15, 0.2) is 0 Å². The fourth-order valence-electron chi connectivity index (χ4n) is 0.936. The molecule has 12 heavy (non-hydrogen) atoms. The Morgan fingerprint density at radius 1 is 1.42 bits per heavy atom. The highest BCUT2D eigenvalue weighted by atomic mass is 32.2. The van der Waals surface area contributed by atoms with Gasteiger partial charge in [-0.3, -0.25) is 4.21 Å². The van der Waals surface area contributed by atoms with E-state index in [1.807, 2.05) is 26.0 Å². The van der Waals surface area contributed by atoms with E-state index in [1.54, 1.807) is 6.07 Å². The zero-order valence-corrected chi connectivity index (χ0v) is 7.77. The van der Waals surface area contributed by atoms with E-state index in [0.717, 1.165) is 11.1 Å². The van der Waals surface area contributed by atoms with Crippen LogP contribution in [0.15, 0.2) is 18.2 Å². The highest BCUT2D eigenvalue weighted by molar-refractivity contribution is 7.80. The maximum absolute atomic E-state index is 10.3. The minimum absolute atomic E-state index is 0.642. The van der Waals surface area contributed by atoms with Crippen LogP contribution >= 0.6 is 0 Å². The minimum Gasteiger partial charge on any atom is -0.755 e. The Bertz CT molecular complexity index is 312. The van der Waals surface area contributed by atoms with Gasteiger partial charge in [-0.25, -0.2) is 0 Å². The van der Waals surface area contributed by atoms with E-state index < -0.39 is 11.3 Å². The topological polar surface area (TPSA) is 52.2 Å². The van der Waals surface area contributed by atoms with Crippen molar-refractivity contribution < 1.29 is 8.76 Å². The van der Waals surface area contributed by atoms with Gasteiger partial charge in [0.25, 0.3) is 0 Å². The number of rotatable bonds is 2. The number of benzene rings is 1. The van der Waals surface area contributed by atoms with Gasteiger partial charge in [0.1, 0.15) is 0 Å². The Morgan fingerprint density at radius 2 is 2.08 bits per heavy atom. The first-order valence-corrected chi connectivity index (χ1v) is 4.60. The van der Waals surface area contributed by atoms with E-state index >= 15 is 0 Å². The van der Waals surface area contributed by atoms with E-state index in [4.69, 9.17) is 0 Å². The lowest BCUT2D eigenvalue weighted by molar-refractivity contribution is 0.542. The summed E-state index contributed by atoms with van der Waals surface area (Å²) < 4.78 is 23.0. The SMILES string of the molecule is Cc1ccc(C)c(NS(=O)[O-])c1. The van der Waals surface area contributed by atoms with Gasteiger partial charge in [-0.05, 0) is 31.0 Å². The van der Waals surface area contributed by atoms with Gasteiger partial charge < -0.3 is 9.27 Å². The summed E-state index contributed by atoms with van der Waals surface area (Å²) in [4.78, 5) is 0. The molecule has 0 saturated carbocycles. The Morgan fingerprint density at radius 3 is 2.67 bits per heavy atom. The molecule has 0 fully saturated rings. The molecule has 1 N–H and O–H groups in total. The highest BCUT2D eigenvalue weighted by Gasteiger charge is 1.96. The summed E-state index contributed by atoms with van der Waals surface area (Å²) in [6.07, 6.45) is 0. The molecule has 3 nitrogen and oxygen atoms in total. The highest BCUT2D eigenvalue weighted by Crippen LogP contribution is 2.16. The van der Waals surface area contributed by atoms with Gasteiger partial charge in [-0.2, -0.15) is 0 Å². The first kappa shape index (κ1) is 9.22. The van der Waals surface area contributed by atoms with Crippen molar-refractivity contribution in [1.82, 2.24) is 0 Å². The summed E-state index contributed by atoms with van der Waals surface area (Å²) in [5.41, 5.74) is 2.60. The Hall–Kier alpha value is -0.870. The smallest absolute Gasteiger partial charge is 0.0484 e. The van der Waals surface area contributed by atoms with Crippen molar-refractivity contribution in [2.24, 2.45) is 0 Å². The lowest BCUT2D eigenvalue weighted by atomic mass is 10.1. The van der Waals surface area contributed by atoms with Crippen LogP contribution in [0.4, 0.5) is 5.69 Å². The Balaban J connectivity index is 2.97. The quantitative estimate of drug-likeness (QED) is 0.708. The van der Waals surface area contributed by atoms with Crippen molar-refractivity contribution in [3.63, 3.8) is 0 Å². The van der Waals surface area contributed by atoms with Crippen LogP contribution in [0.1, 0.15) is 11.1 Å². The zero-order chi connectivity index (χ0) is 9.14. The lowest BCUT2D eigenvalue weighted by Gasteiger charge is -2.11. The second-order valence-corrected chi connectivity index (χ2v) is 3.33. The maximum atomic E-state index is 10.3. The molecule has 0 aromatic heterocycles. The molecule has 0 bridgehead atoms. The number of hydrogen-bond acceptors (Lipinski definition) is 2. The van der Waals surface area contributed by atoms with Crippen LogP contribution in [0, 0.1) is 13.8 Å². The van der Waals surface area contributed by atoms with Gasteiger partial charge >= 0.3 is 0 Å². The Labute approximate surface area is 74.2 Å². The van der Waals surface area contributed by atoms with Crippen LogP contribution in [-0.4, -0.2) is 8.76 Å². The molecule has 1 rings (SSSR count). The summed E-state index contributed by atoms with van der Waals surface area (Å²) in [5.74, 6) is 0. The monoisotopic (exact) mass is 184 g/mol. The molecule has 4 heteroatoms. The molecule has 1 atom stereocenters. The molecular formula is C8H10NO2S-. The molecule has 0 aliphatic heterocycles. The van der Waals surface area contributed by atoms with E-state index in [1.165, 1.54) is 0 Å². The second kappa shape index (κ2) is 3.69. The van der Waals surface area contributed by atoms with Gasteiger partial charge in [-0.1, -0.05) is 12.1 Å². The Kier molecular flexibility index (Phi) is 2.83. The summed E-state index contributed by atoms with van der Waals surface area (Å²) in [7, 11) is 0. The number of anilines is 1. The first-order valence-electron chi connectivity index (χ1n) is 3.53. The van der Waals surface area contributed by atoms with Crippen LogP contribution in [0.25, 0.3) is 0 Å². The maximum Gasteiger partial charge on any atom is 0.0484 e. The van der Waals surface area contributed by atoms with E-state index in [-0.39, 0.29) is 0 Å². The summed E-state index contributed by atoms with van der Waals surface area (Å²) in [5, 5.41) is 0. The van der Waals surface area contributed by atoms with Crippen LogP contribution in [0.5, 0.6) is 0 Å². The molecule has 0 aliphatic rings. The van der Waals surface area contributed by atoms with Gasteiger partial charge in [-0.15, -0.1) is 0 Å². The fraction of sp³-hybridized carbons (Fsp3) is 0.250. The van der Waals surface area contributed by atoms with Crippen molar-refractivity contribution in [2.75, 3.05) is 4.72 Å². The van der Waals surface area contributed by atoms with Gasteiger partial charge in [0.05, 0.1) is 0 Å². The zero-order valence-electron chi connectivity index (χ0n) is 6.96. The van der Waals surface area contributed by atoms with Crippen molar-refractivity contribution >= 4 is 17.0 Å². The number of aryl methyl sites for hydroxylation is 2. The van der Waals surface area contributed by atoms with E-state index in [0.29, 0.717) is 5.69 Å². The van der Waals surface area contributed by atoms with E-state index in [9.17, 15) is 8.76 Å². The van der Waals surface area contributed by atoms with Crippen molar-refractivity contribution in [3.8, 4) is 0 Å². The van der Waals surface area contributed by atoms with Crippen molar-refractivity contribution in [2.45, 2.75) is 13.8 Å². The average molecular weight is 184 g/mol. The predicted octanol–water partition coefficient (Wildman–Crippen LogP) is 1.51. The normalized spacial score (nSPS) is 12.6. The van der Waals surface area contributed by atoms with Gasteiger partial charge in [0.2, 0.25) is 0 Å². The third-order valence-corrected chi connectivity index (χ3v) is 1.97. The molecule has 1 aromatic carbocycles. The largest absolute Gasteiger partial charge is 0.755 e. The number of nitrogens with one attached hydrogen (secondary N) is 1. The third-order valence-electron chi connectivity index (χ3n) is 1.59. The molecule has 0 amide bonds. The summed E-state index contributed by atoms with van der Waals surface area (Å²) >= 11 is -2.24. The predicted molar refractivity (Wildman–Crippen MR) is 48.5 cm³/mol. The van der Waals surface area contributed by atoms with Crippen LogP contribution in [0.2, 0.25) is 0 Å². The van der Waals surface area contributed by atoms with Crippen LogP contribution in [0.3, 0.4) is 0 Å². The molecule has 0 aliphatic carbocycles. The van der Waals surface area contributed by atoms with Crippen molar-refractivity contribution in [3.05, 3.63) is 29.3 Å². The number of hydrogen-bond donors (Lipinski definition) is 1. The fourth-order valence-corrected chi connectivity index (χ4v) is 1.34. The minimum atomic E-state index is -2.24. The molecular weight excluding hydrogens is 174 g/mol. The van der Waals surface area contributed by atoms with Crippen LogP contribution < -0.4 is 4.72 Å². The summed E-state index contributed by atoms with van der Waals surface area (Å²) in [6, 6.07) is 5.61. The van der Waals surface area contributed by atoms with Gasteiger partial charge in [0, 0.05) is 17.0 Å².